The van der Waals surface area contributed by atoms with Crippen LogP contribution in [0.1, 0.15) is 11.1 Å². The fraction of sp³-hybridized carbons (Fsp3) is 0.125. The first-order valence-corrected chi connectivity index (χ1v) is 13.5. The van der Waals surface area contributed by atoms with Gasteiger partial charge in [0.05, 0.1) is 18.6 Å². The van der Waals surface area contributed by atoms with Crippen LogP contribution in [-0.2, 0) is 11.3 Å². The fourth-order valence-electron chi connectivity index (χ4n) is 4.87. The van der Waals surface area contributed by atoms with Gasteiger partial charge >= 0.3 is 0 Å². The van der Waals surface area contributed by atoms with E-state index in [1.807, 2.05) is 48.5 Å². The maximum absolute atomic E-state index is 13.2. The first kappa shape index (κ1) is 24.8. The molecular formula is C32H26N2O4S. The number of benzene rings is 4. The third-order valence-electron chi connectivity index (χ3n) is 6.79. The van der Waals surface area contributed by atoms with Crippen molar-refractivity contribution in [1.29, 1.82) is 0 Å². The average Bonchev–Trinajstić information content (AvgIpc) is 3.44. The van der Waals surface area contributed by atoms with Gasteiger partial charge in [-0.2, -0.15) is 0 Å². The monoisotopic (exact) mass is 534 g/mol. The van der Waals surface area contributed by atoms with Crippen LogP contribution in [0.25, 0.3) is 27.8 Å². The number of hydrogen-bond acceptors (Lipinski definition) is 5. The predicted octanol–water partition coefficient (Wildman–Crippen LogP) is 6.97. The van der Waals surface area contributed by atoms with E-state index in [9.17, 15) is 9.59 Å². The summed E-state index contributed by atoms with van der Waals surface area (Å²) in [7, 11) is 1.57. The molecule has 194 valence electrons. The van der Waals surface area contributed by atoms with E-state index in [2.05, 4.69) is 47.2 Å². The number of fused-ring (bicyclic) bond motifs is 2. The van der Waals surface area contributed by atoms with Crippen LogP contribution in [0.3, 0.4) is 0 Å². The number of rotatable bonds is 8. The molecule has 0 saturated carbocycles. The maximum atomic E-state index is 13.2. The largest absolute Gasteiger partial charge is 0.493 e. The van der Waals surface area contributed by atoms with Crippen molar-refractivity contribution in [1.82, 2.24) is 9.47 Å². The molecule has 6 nitrogen and oxygen atoms in total. The summed E-state index contributed by atoms with van der Waals surface area (Å²) in [6.07, 6.45) is 3.88. The highest BCUT2D eigenvalue weighted by molar-refractivity contribution is 8.18. The van der Waals surface area contributed by atoms with Gasteiger partial charge in [-0.3, -0.25) is 14.5 Å². The van der Waals surface area contributed by atoms with Crippen LogP contribution in [-0.4, -0.2) is 40.9 Å². The van der Waals surface area contributed by atoms with Crippen LogP contribution in [0, 0.1) is 0 Å². The molecule has 0 unspecified atom stereocenters. The van der Waals surface area contributed by atoms with Crippen LogP contribution >= 0.6 is 11.8 Å². The van der Waals surface area contributed by atoms with Gasteiger partial charge in [-0.05, 0) is 58.4 Å². The molecule has 1 fully saturated rings. The van der Waals surface area contributed by atoms with E-state index in [-0.39, 0.29) is 24.3 Å². The van der Waals surface area contributed by atoms with E-state index < -0.39 is 0 Å². The number of carbonyl (C=O) groups is 2. The number of carbonyl (C=O) groups excluding carboxylic acids is 2. The molecule has 5 aromatic rings. The average molecular weight is 535 g/mol. The molecule has 0 N–H and O–H groups in total. The second-order valence-corrected chi connectivity index (χ2v) is 10.2. The lowest BCUT2D eigenvalue weighted by Crippen LogP contribution is -2.32. The van der Waals surface area contributed by atoms with Gasteiger partial charge in [-0.25, -0.2) is 0 Å². The van der Waals surface area contributed by atoms with Crippen molar-refractivity contribution in [2.45, 2.75) is 6.54 Å². The van der Waals surface area contributed by atoms with Gasteiger partial charge in [-0.15, -0.1) is 0 Å². The number of imide groups is 1. The summed E-state index contributed by atoms with van der Waals surface area (Å²) < 4.78 is 13.3. The molecule has 2 amide bonds. The van der Waals surface area contributed by atoms with Gasteiger partial charge in [0, 0.05) is 29.2 Å². The zero-order valence-electron chi connectivity index (χ0n) is 21.4. The van der Waals surface area contributed by atoms with Crippen molar-refractivity contribution in [3.8, 4) is 11.5 Å². The Morgan fingerprint density at radius 3 is 2.44 bits per heavy atom. The Labute approximate surface area is 230 Å². The Morgan fingerprint density at radius 2 is 1.59 bits per heavy atom. The molecule has 6 rings (SSSR count). The van der Waals surface area contributed by atoms with E-state index >= 15 is 0 Å². The van der Waals surface area contributed by atoms with Crippen LogP contribution in [0.15, 0.2) is 102 Å². The first-order chi connectivity index (χ1) is 19.1. The van der Waals surface area contributed by atoms with Crippen molar-refractivity contribution < 1.29 is 19.1 Å². The molecule has 0 radical (unpaired) electrons. The Kier molecular flexibility index (Phi) is 6.82. The topological polar surface area (TPSA) is 60.8 Å². The Morgan fingerprint density at radius 1 is 0.846 bits per heavy atom. The van der Waals surface area contributed by atoms with Crippen molar-refractivity contribution in [3.63, 3.8) is 0 Å². The molecular weight excluding hydrogens is 508 g/mol. The lowest BCUT2D eigenvalue weighted by Gasteiger charge is -2.14. The van der Waals surface area contributed by atoms with E-state index in [1.54, 1.807) is 19.2 Å². The van der Waals surface area contributed by atoms with E-state index in [1.165, 1.54) is 21.2 Å². The molecule has 4 aromatic carbocycles. The molecule has 7 heteroatoms. The van der Waals surface area contributed by atoms with Gasteiger partial charge in [0.2, 0.25) is 0 Å². The maximum Gasteiger partial charge on any atom is 0.293 e. The molecule has 0 atom stereocenters. The van der Waals surface area contributed by atoms with Gasteiger partial charge in [-0.1, -0.05) is 66.7 Å². The predicted molar refractivity (Wildman–Crippen MR) is 156 cm³/mol. The van der Waals surface area contributed by atoms with Crippen LogP contribution < -0.4 is 9.47 Å². The minimum atomic E-state index is -0.306. The Bertz CT molecular complexity index is 1740. The molecule has 1 aromatic heterocycles. The molecule has 0 bridgehead atoms. The van der Waals surface area contributed by atoms with Crippen LogP contribution in [0.2, 0.25) is 0 Å². The summed E-state index contributed by atoms with van der Waals surface area (Å²) >= 11 is 0.963. The quantitative estimate of drug-likeness (QED) is 0.201. The molecule has 1 saturated heterocycles. The van der Waals surface area contributed by atoms with E-state index in [4.69, 9.17) is 9.47 Å². The highest BCUT2D eigenvalue weighted by atomic mass is 32.2. The lowest BCUT2D eigenvalue weighted by atomic mass is 10.1. The van der Waals surface area contributed by atoms with Crippen molar-refractivity contribution >= 4 is 50.7 Å². The van der Waals surface area contributed by atoms with Crippen molar-refractivity contribution in [2.24, 2.45) is 0 Å². The molecule has 1 aliphatic heterocycles. The number of hydrogen-bond donors (Lipinski definition) is 0. The van der Waals surface area contributed by atoms with Crippen molar-refractivity contribution in [3.05, 3.63) is 113 Å². The zero-order chi connectivity index (χ0) is 26.8. The summed E-state index contributed by atoms with van der Waals surface area (Å²) in [5, 5.41) is 3.15. The minimum absolute atomic E-state index is 0.157. The van der Waals surface area contributed by atoms with Crippen molar-refractivity contribution in [2.75, 3.05) is 20.3 Å². The molecule has 0 spiro atoms. The summed E-state index contributed by atoms with van der Waals surface area (Å²) in [6, 6.07) is 30.2. The number of amides is 2. The SMILES string of the molecule is COc1ccccc1OCCN1C(=O)S/C(=C\c2cn(Cc3ccc4ccccc4c3)c3ccccc23)C1=O. The number of ether oxygens (including phenoxy) is 2. The van der Waals surface area contributed by atoms with Crippen LogP contribution in [0.5, 0.6) is 11.5 Å². The van der Waals surface area contributed by atoms with E-state index in [0.717, 1.165) is 28.2 Å². The standard InChI is InChI=1S/C32H26N2O4S/c1-37-28-12-6-7-13-29(28)38-17-16-34-31(35)30(39-32(34)36)19-25-21-33(27-11-5-4-10-26(25)27)20-22-14-15-23-8-2-3-9-24(23)18-22/h2-15,18-19,21H,16-17,20H2,1H3/b30-19-. The highest BCUT2D eigenvalue weighted by Crippen LogP contribution is 2.34. The summed E-state index contributed by atoms with van der Waals surface area (Å²) in [5.41, 5.74) is 3.17. The zero-order valence-corrected chi connectivity index (χ0v) is 22.2. The van der Waals surface area contributed by atoms with Gasteiger partial charge in [0.15, 0.2) is 11.5 Å². The first-order valence-electron chi connectivity index (χ1n) is 12.7. The number of nitrogens with zero attached hydrogens (tertiary/aromatic N) is 2. The van der Waals surface area contributed by atoms with Gasteiger partial charge < -0.3 is 14.0 Å². The third-order valence-corrected chi connectivity index (χ3v) is 7.70. The molecule has 39 heavy (non-hydrogen) atoms. The third kappa shape index (κ3) is 5.01. The normalized spacial score (nSPS) is 14.6. The smallest absolute Gasteiger partial charge is 0.293 e. The number of aromatic nitrogens is 1. The number of thioether (sulfide) groups is 1. The fourth-order valence-corrected chi connectivity index (χ4v) is 5.73. The summed E-state index contributed by atoms with van der Waals surface area (Å²) in [6.45, 7) is 1.03. The summed E-state index contributed by atoms with van der Waals surface area (Å²) in [5.74, 6) is 0.869. The summed E-state index contributed by atoms with van der Waals surface area (Å²) in [4.78, 5) is 27.5. The number of para-hydroxylation sites is 3. The Hall–Kier alpha value is -4.49. The van der Waals surface area contributed by atoms with E-state index in [0.29, 0.717) is 22.9 Å². The van der Waals surface area contributed by atoms with Gasteiger partial charge in [0.1, 0.15) is 6.61 Å². The minimum Gasteiger partial charge on any atom is -0.493 e. The van der Waals surface area contributed by atoms with Crippen LogP contribution in [0.4, 0.5) is 4.79 Å². The second-order valence-electron chi connectivity index (χ2n) is 9.24. The molecule has 1 aliphatic rings. The molecule has 0 aliphatic carbocycles. The molecule has 2 heterocycles. The second kappa shape index (κ2) is 10.7. The highest BCUT2D eigenvalue weighted by Gasteiger charge is 2.35. The number of methoxy groups -OCH3 is 1. The van der Waals surface area contributed by atoms with Gasteiger partial charge in [0.25, 0.3) is 11.1 Å². The lowest BCUT2D eigenvalue weighted by molar-refractivity contribution is -0.123. The Balaban J connectivity index is 1.22.